The highest BCUT2D eigenvalue weighted by molar-refractivity contribution is 5.65. The van der Waals surface area contributed by atoms with Gasteiger partial charge in [-0.2, -0.15) is 0 Å². The molecule has 0 aromatic heterocycles. The summed E-state index contributed by atoms with van der Waals surface area (Å²) >= 11 is 0. The summed E-state index contributed by atoms with van der Waals surface area (Å²) in [7, 11) is 0. The minimum absolute atomic E-state index is 0.0966. The molecule has 1 N–H and O–H groups in total. The average molecular weight is 422 g/mol. The van der Waals surface area contributed by atoms with Crippen molar-refractivity contribution in [2.24, 2.45) is 4.99 Å². The van der Waals surface area contributed by atoms with Gasteiger partial charge >= 0.3 is 0 Å². The Labute approximate surface area is 179 Å². The lowest BCUT2D eigenvalue weighted by Crippen LogP contribution is -2.37. The Bertz CT molecular complexity index is 1230. The van der Waals surface area contributed by atoms with Crippen LogP contribution in [0.4, 0.5) is 14.5 Å². The van der Waals surface area contributed by atoms with Crippen molar-refractivity contribution in [2.45, 2.75) is 33.0 Å². The van der Waals surface area contributed by atoms with Gasteiger partial charge in [0.15, 0.2) is 0 Å². The van der Waals surface area contributed by atoms with Gasteiger partial charge in [0.2, 0.25) is 0 Å². The number of hydrogen-bond acceptors (Lipinski definition) is 4. The molecule has 160 valence electrons. The van der Waals surface area contributed by atoms with E-state index in [2.05, 4.69) is 4.99 Å². The zero-order valence-corrected chi connectivity index (χ0v) is 17.7. The first kappa shape index (κ1) is 21.0. The molecule has 0 aliphatic carbocycles. The molecule has 4 nitrogen and oxygen atoms in total. The second-order valence-electron chi connectivity index (χ2n) is 8.17. The van der Waals surface area contributed by atoms with Crippen LogP contribution in [0.15, 0.2) is 59.6 Å². The van der Waals surface area contributed by atoms with E-state index < -0.39 is 17.2 Å². The Morgan fingerprint density at radius 2 is 1.81 bits per heavy atom. The summed E-state index contributed by atoms with van der Waals surface area (Å²) in [6.45, 7) is 5.69. The summed E-state index contributed by atoms with van der Waals surface area (Å²) < 4.78 is 33.4. The number of ether oxygens (including phenoxy) is 1. The Balaban J connectivity index is 1.60. The molecular formula is C25H24F2N2O2. The van der Waals surface area contributed by atoms with E-state index in [1.807, 2.05) is 48.4 Å². The van der Waals surface area contributed by atoms with Gasteiger partial charge in [-0.1, -0.05) is 24.3 Å². The van der Waals surface area contributed by atoms with Crippen LogP contribution in [0, 0.1) is 18.6 Å². The lowest BCUT2D eigenvalue weighted by molar-refractivity contribution is 0.0784. The second kappa shape index (κ2) is 8.12. The monoisotopic (exact) mass is 422 g/mol. The summed E-state index contributed by atoms with van der Waals surface area (Å²) in [5, 5.41) is 12.0. The number of halogens is 2. The maximum atomic E-state index is 13.9. The number of hydrogen-bond donors (Lipinski definition) is 1. The summed E-state index contributed by atoms with van der Waals surface area (Å²) in [5.74, 6) is -0.741. The molecule has 31 heavy (non-hydrogen) atoms. The van der Waals surface area contributed by atoms with E-state index >= 15 is 0 Å². The minimum Gasteiger partial charge on any atom is -0.489 e. The predicted octanol–water partition coefficient (Wildman–Crippen LogP) is 3.91. The summed E-state index contributed by atoms with van der Waals surface area (Å²) in [6.07, 6.45) is 2.00. The van der Waals surface area contributed by atoms with E-state index in [4.69, 9.17) is 4.74 Å². The van der Waals surface area contributed by atoms with Crippen molar-refractivity contribution >= 4 is 11.9 Å². The van der Waals surface area contributed by atoms with Gasteiger partial charge in [-0.15, -0.1) is 0 Å². The lowest BCUT2D eigenvalue weighted by atomic mass is 9.98. The van der Waals surface area contributed by atoms with Gasteiger partial charge < -0.3 is 14.7 Å². The smallest absolute Gasteiger partial charge is 0.132 e. The van der Waals surface area contributed by atoms with E-state index in [0.29, 0.717) is 12.4 Å². The molecule has 0 atom stereocenters. The molecule has 6 heteroatoms. The first-order valence-electron chi connectivity index (χ1n) is 10.0. The summed E-state index contributed by atoms with van der Waals surface area (Å²) in [5.41, 5.74) is 1.70. The van der Waals surface area contributed by atoms with Crippen LogP contribution in [0.25, 0.3) is 6.20 Å². The molecule has 4 rings (SSSR count). The van der Waals surface area contributed by atoms with Crippen molar-refractivity contribution in [3.8, 4) is 5.75 Å². The lowest BCUT2D eigenvalue weighted by Gasteiger charge is -2.24. The third kappa shape index (κ3) is 4.44. The maximum absolute atomic E-state index is 13.9. The van der Waals surface area contributed by atoms with Gasteiger partial charge in [0.1, 0.15) is 30.7 Å². The highest BCUT2D eigenvalue weighted by Crippen LogP contribution is 2.27. The molecule has 1 heterocycles. The van der Waals surface area contributed by atoms with Gasteiger partial charge in [0.05, 0.1) is 16.5 Å². The number of aryl methyl sites for hydroxylation is 1. The van der Waals surface area contributed by atoms with Crippen LogP contribution in [0.3, 0.4) is 0 Å². The van der Waals surface area contributed by atoms with E-state index in [9.17, 15) is 13.9 Å². The van der Waals surface area contributed by atoms with Crippen LogP contribution in [0.2, 0.25) is 0 Å². The van der Waals surface area contributed by atoms with Crippen molar-refractivity contribution in [1.29, 1.82) is 0 Å². The molecule has 0 saturated carbocycles. The maximum Gasteiger partial charge on any atom is 0.132 e. The Kier molecular flexibility index (Phi) is 5.50. The van der Waals surface area contributed by atoms with Crippen LogP contribution >= 0.6 is 0 Å². The fourth-order valence-corrected chi connectivity index (χ4v) is 3.49. The van der Waals surface area contributed by atoms with Crippen molar-refractivity contribution in [3.63, 3.8) is 0 Å². The number of anilines is 1. The average Bonchev–Trinajstić information content (AvgIpc) is 2.73. The molecule has 0 amide bonds. The highest BCUT2D eigenvalue weighted by Gasteiger charge is 2.17. The number of fused-ring (bicyclic) bond motifs is 1. The van der Waals surface area contributed by atoms with Gasteiger partial charge in [-0.25, -0.2) is 8.78 Å². The third-order valence-electron chi connectivity index (χ3n) is 5.36. The van der Waals surface area contributed by atoms with Crippen LogP contribution in [-0.4, -0.2) is 11.8 Å². The molecular weight excluding hydrogens is 398 g/mol. The fourth-order valence-electron chi connectivity index (χ4n) is 3.49. The van der Waals surface area contributed by atoms with Crippen molar-refractivity contribution in [1.82, 2.24) is 0 Å². The molecule has 3 aromatic rings. The normalized spacial score (nSPS) is 13.3. The Morgan fingerprint density at radius 3 is 2.52 bits per heavy atom. The van der Waals surface area contributed by atoms with E-state index in [1.54, 1.807) is 19.9 Å². The molecule has 3 aromatic carbocycles. The minimum atomic E-state index is -0.929. The highest BCUT2D eigenvalue weighted by atomic mass is 19.1. The number of nitrogens with zero attached hydrogens (tertiary/aromatic N) is 2. The first-order valence-corrected chi connectivity index (χ1v) is 10.0. The quantitative estimate of drug-likeness (QED) is 0.678. The zero-order valence-electron chi connectivity index (χ0n) is 17.7. The number of rotatable bonds is 5. The molecule has 0 saturated heterocycles. The Hall–Kier alpha value is -3.25. The topological polar surface area (TPSA) is 45.1 Å². The number of aliphatic hydroxyl groups is 1. The first-order chi connectivity index (χ1) is 14.7. The van der Waals surface area contributed by atoms with Crippen molar-refractivity contribution < 1.29 is 18.6 Å². The largest absolute Gasteiger partial charge is 0.489 e. The summed E-state index contributed by atoms with van der Waals surface area (Å²) in [4.78, 5) is 6.65. The zero-order chi connectivity index (χ0) is 22.2. The molecule has 0 unspecified atom stereocenters. The molecule has 0 bridgehead atoms. The SMILES string of the molecule is Cc1ccc(OCc2c(F)cccc2F)cc1N1C=c2ccc(C(C)(C)O)cc2=NC1. The molecule has 0 radical (unpaired) electrons. The molecule has 0 fully saturated rings. The van der Waals surface area contributed by atoms with Crippen molar-refractivity contribution in [2.75, 3.05) is 11.6 Å². The predicted molar refractivity (Wildman–Crippen MR) is 116 cm³/mol. The standard InChI is InChI=1S/C25H24F2N2O2/c1-16-7-10-19(31-14-20-21(26)5-4-6-22(20)27)12-24(16)29-13-17-8-9-18(25(2,3)30)11-23(17)28-15-29/h4-13,30H,14-15H2,1-3H3. The van der Waals surface area contributed by atoms with Gasteiger partial charge in [-0.3, -0.25) is 4.99 Å². The second-order valence-corrected chi connectivity index (χ2v) is 8.17. The van der Waals surface area contributed by atoms with Crippen molar-refractivity contribution in [3.05, 3.63) is 93.5 Å². The van der Waals surface area contributed by atoms with E-state index in [0.717, 1.165) is 27.4 Å². The third-order valence-corrected chi connectivity index (χ3v) is 5.36. The van der Waals surface area contributed by atoms with Gasteiger partial charge in [-0.05, 0) is 56.2 Å². The van der Waals surface area contributed by atoms with Crippen LogP contribution in [-0.2, 0) is 12.2 Å². The fraction of sp³-hybridized carbons (Fsp3) is 0.240. The Morgan fingerprint density at radius 1 is 1.06 bits per heavy atom. The summed E-state index contributed by atoms with van der Waals surface area (Å²) in [6, 6.07) is 15.0. The van der Waals surface area contributed by atoms with E-state index in [1.165, 1.54) is 18.2 Å². The van der Waals surface area contributed by atoms with Crippen LogP contribution in [0.5, 0.6) is 5.75 Å². The molecule has 1 aliphatic heterocycles. The molecule has 1 aliphatic rings. The van der Waals surface area contributed by atoms with Gasteiger partial charge in [0.25, 0.3) is 0 Å². The van der Waals surface area contributed by atoms with E-state index in [-0.39, 0.29) is 12.2 Å². The van der Waals surface area contributed by atoms with Gasteiger partial charge in [0, 0.05) is 23.2 Å². The number of benzene rings is 3. The van der Waals surface area contributed by atoms with Crippen LogP contribution < -0.4 is 20.2 Å². The molecule has 0 spiro atoms. The van der Waals surface area contributed by atoms with Crippen LogP contribution in [0.1, 0.15) is 30.5 Å².